The number of allylic oxidation sites excluding steroid dienone is 2. The lowest BCUT2D eigenvalue weighted by Gasteiger charge is -2.71. The van der Waals surface area contributed by atoms with E-state index in [2.05, 4.69) is 59.4 Å². The number of hydrogen-bond donors (Lipinski definition) is 1. The van der Waals surface area contributed by atoms with E-state index in [1.54, 1.807) is 5.57 Å². The highest BCUT2D eigenvalue weighted by atomic mass is 16.3. The first-order valence-corrected chi connectivity index (χ1v) is 15.4. The molecule has 6 rings (SSSR count). The van der Waals surface area contributed by atoms with Crippen molar-refractivity contribution in [3.8, 4) is 0 Å². The van der Waals surface area contributed by atoms with Gasteiger partial charge in [-0.3, -0.25) is 4.79 Å². The molecule has 1 N–H and O–H groups in total. The standard InChI is InChI=1S/C33H53NO2/c1-28(2)15-17-33(27(36)34-19-8-20-34)18-16-31(6)22(23(33)21-28)9-10-25-30(5)13-12-26(35)29(3,4)24(30)11-14-32(25,31)7/h9,23-26,35H,8,10-21H2,1-7H3/t23-,24-,25+,26?,30-,31+,32+,33-/m0/s1. The van der Waals surface area contributed by atoms with Crippen molar-refractivity contribution < 1.29 is 9.90 Å². The molecule has 1 amide bonds. The average Bonchev–Trinajstić information content (AvgIpc) is 2.75. The molecule has 5 aliphatic carbocycles. The van der Waals surface area contributed by atoms with Gasteiger partial charge in [-0.25, -0.2) is 0 Å². The summed E-state index contributed by atoms with van der Waals surface area (Å²) in [6, 6.07) is 0. The predicted molar refractivity (Wildman–Crippen MR) is 146 cm³/mol. The fraction of sp³-hybridized carbons (Fsp3) is 0.909. The Morgan fingerprint density at radius 3 is 2.25 bits per heavy atom. The van der Waals surface area contributed by atoms with Gasteiger partial charge in [0.1, 0.15) is 0 Å². The molecule has 8 atom stereocenters. The topological polar surface area (TPSA) is 40.5 Å². The Morgan fingerprint density at radius 2 is 1.58 bits per heavy atom. The molecule has 0 aromatic carbocycles. The fourth-order valence-corrected chi connectivity index (χ4v) is 11.5. The molecule has 1 unspecified atom stereocenters. The first kappa shape index (κ1) is 25.4. The Bertz CT molecular complexity index is 976. The number of aliphatic hydroxyl groups excluding tert-OH is 1. The maximum absolute atomic E-state index is 14.1. The van der Waals surface area contributed by atoms with E-state index in [9.17, 15) is 9.90 Å². The van der Waals surface area contributed by atoms with Crippen LogP contribution in [0.1, 0.15) is 119 Å². The second-order valence-electron chi connectivity index (χ2n) is 16.4. The molecule has 1 saturated heterocycles. The zero-order valence-corrected chi connectivity index (χ0v) is 24.4. The van der Waals surface area contributed by atoms with Gasteiger partial charge in [-0.2, -0.15) is 0 Å². The summed E-state index contributed by atoms with van der Waals surface area (Å²) in [5, 5.41) is 11.0. The highest BCUT2D eigenvalue weighted by Crippen LogP contribution is 2.75. The van der Waals surface area contributed by atoms with Gasteiger partial charge in [0.25, 0.3) is 0 Å². The number of amides is 1. The highest BCUT2D eigenvalue weighted by molar-refractivity contribution is 5.85. The zero-order valence-electron chi connectivity index (χ0n) is 24.4. The number of hydrogen-bond acceptors (Lipinski definition) is 2. The normalized spacial score (nSPS) is 51.0. The lowest BCUT2D eigenvalue weighted by atomic mass is 9.33. The summed E-state index contributed by atoms with van der Waals surface area (Å²) in [6.45, 7) is 19.4. The van der Waals surface area contributed by atoms with Gasteiger partial charge in [0.2, 0.25) is 5.91 Å². The summed E-state index contributed by atoms with van der Waals surface area (Å²) in [6.07, 6.45) is 15.2. The van der Waals surface area contributed by atoms with Gasteiger partial charge < -0.3 is 10.0 Å². The SMILES string of the molecule is CC1(C)CC[C@]2(C(=O)N3CCC3)CC[C@]3(C)C(=CC[C@@H]4[C@@]5(C)CCC(O)C(C)(C)[C@@H]5CC[C@]43C)[C@@H]2C1. The minimum absolute atomic E-state index is 0.00201. The van der Waals surface area contributed by atoms with Crippen molar-refractivity contribution in [1.82, 2.24) is 4.90 Å². The van der Waals surface area contributed by atoms with Gasteiger partial charge in [-0.1, -0.05) is 60.1 Å². The van der Waals surface area contributed by atoms with Crippen LogP contribution >= 0.6 is 0 Å². The van der Waals surface area contributed by atoms with Gasteiger partial charge in [0, 0.05) is 13.1 Å². The Balaban J connectivity index is 1.42. The van der Waals surface area contributed by atoms with Crippen LogP contribution in [0.15, 0.2) is 11.6 Å². The molecule has 3 heteroatoms. The van der Waals surface area contributed by atoms with Crippen LogP contribution in [-0.2, 0) is 4.79 Å². The Morgan fingerprint density at radius 1 is 0.889 bits per heavy atom. The molecule has 5 fully saturated rings. The molecular weight excluding hydrogens is 442 g/mol. The molecule has 202 valence electrons. The van der Waals surface area contributed by atoms with E-state index in [4.69, 9.17) is 0 Å². The monoisotopic (exact) mass is 495 g/mol. The summed E-state index contributed by atoms with van der Waals surface area (Å²) in [5.41, 5.74) is 2.59. The summed E-state index contributed by atoms with van der Waals surface area (Å²) < 4.78 is 0. The van der Waals surface area contributed by atoms with E-state index >= 15 is 0 Å². The first-order chi connectivity index (χ1) is 16.7. The summed E-state index contributed by atoms with van der Waals surface area (Å²) in [4.78, 5) is 16.3. The van der Waals surface area contributed by atoms with Crippen molar-refractivity contribution in [3.63, 3.8) is 0 Å². The summed E-state index contributed by atoms with van der Waals surface area (Å²) >= 11 is 0. The van der Waals surface area contributed by atoms with Crippen LogP contribution in [0, 0.1) is 50.2 Å². The van der Waals surface area contributed by atoms with E-state index in [0.29, 0.717) is 29.1 Å². The van der Waals surface area contributed by atoms with Gasteiger partial charge >= 0.3 is 0 Å². The summed E-state index contributed by atoms with van der Waals surface area (Å²) in [5.74, 6) is 2.18. The van der Waals surface area contributed by atoms with E-state index in [0.717, 1.165) is 38.8 Å². The molecule has 0 aromatic heterocycles. The minimum Gasteiger partial charge on any atom is -0.393 e. The van der Waals surface area contributed by atoms with Crippen LogP contribution in [0.2, 0.25) is 0 Å². The molecule has 6 aliphatic rings. The van der Waals surface area contributed by atoms with Crippen LogP contribution in [0.5, 0.6) is 0 Å². The molecular formula is C33H53NO2. The molecule has 0 spiro atoms. The molecule has 4 saturated carbocycles. The van der Waals surface area contributed by atoms with Crippen LogP contribution in [0.4, 0.5) is 0 Å². The van der Waals surface area contributed by atoms with E-state index in [1.165, 1.54) is 44.9 Å². The minimum atomic E-state index is -0.169. The fourth-order valence-electron chi connectivity index (χ4n) is 11.5. The van der Waals surface area contributed by atoms with Crippen LogP contribution < -0.4 is 0 Å². The number of fused-ring (bicyclic) bond motifs is 7. The molecule has 0 aromatic rings. The Kier molecular flexibility index (Phi) is 5.40. The van der Waals surface area contributed by atoms with E-state index in [-0.39, 0.29) is 33.2 Å². The average molecular weight is 496 g/mol. The Hall–Kier alpha value is -0.830. The van der Waals surface area contributed by atoms with Gasteiger partial charge in [-0.05, 0) is 115 Å². The van der Waals surface area contributed by atoms with E-state index in [1.807, 2.05) is 0 Å². The first-order valence-electron chi connectivity index (χ1n) is 15.4. The second kappa shape index (κ2) is 7.64. The number of nitrogens with zero attached hydrogens (tertiary/aromatic N) is 1. The van der Waals surface area contributed by atoms with E-state index < -0.39 is 0 Å². The number of aliphatic hydroxyl groups is 1. The quantitative estimate of drug-likeness (QED) is 0.386. The van der Waals surface area contributed by atoms with Crippen molar-refractivity contribution >= 4 is 5.91 Å². The summed E-state index contributed by atoms with van der Waals surface area (Å²) in [7, 11) is 0. The third-order valence-electron chi connectivity index (χ3n) is 14.2. The number of likely N-dealkylation sites (tertiary alicyclic amines) is 1. The maximum Gasteiger partial charge on any atom is 0.229 e. The largest absolute Gasteiger partial charge is 0.393 e. The smallest absolute Gasteiger partial charge is 0.229 e. The van der Waals surface area contributed by atoms with Gasteiger partial charge in [-0.15, -0.1) is 0 Å². The lowest BCUT2D eigenvalue weighted by Crippen LogP contribution is -2.66. The van der Waals surface area contributed by atoms with Crippen LogP contribution in [-0.4, -0.2) is 35.1 Å². The van der Waals surface area contributed by atoms with Gasteiger partial charge in [0.05, 0.1) is 11.5 Å². The Labute approximate surface area is 220 Å². The molecule has 3 nitrogen and oxygen atoms in total. The van der Waals surface area contributed by atoms with Crippen molar-refractivity contribution in [3.05, 3.63) is 11.6 Å². The van der Waals surface area contributed by atoms with Crippen LogP contribution in [0.3, 0.4) is 0 Å². The van der Waals surface area contributed by atoms with Crippen molar-refractivity contribution in [2.75, 3.05) is 13.1 Å². The maximum atomic E-state index is 14.1. The molecule has 36 heavy (non-hydrogen) atoms. The molecule has 1 aliphatic heterocycles. The third-order valence-corrected chi connectivity index (χ3v) is 14.2. The van der Waals surface area contributed by atoms with Crippen molar-refractivity contribution in [1.29, 1.82) is 0 Å². The lowest BCUT2D eigenvalue weighted by molar-refractivity contribution is -0.205. The number of rotatable bonds is 1. The van der Waals surface area contributed by atoms with Gasteiger partial charge in [0.15, 0.2) is 0 Å². The molecule has 1 heterocycles. The molecule has 0 bridgehead atoms. The predicted octanol–water partition coefficient (Wildman–Crippen LogP) is 7.38. The highest BCUT2D eigenvalue weighted by Gasteiger charge is 2.69. The molecule has 0 radical (unpaired) electrons. The van der Waals surface area contributed by atoms with Crippen molar-refractivity contribution in [2.24, 2.45) is 50.2 Å². The third kappa shape index (κ3) is 3.05. The van der Waals surface area contributed by atoms with Crippen molar-refractivity contribution in [2.45, 2.75) is 125 Å². The van der Waals surface area contributed by atoms with Crippen LogP contribution in [0.25, 0.3) is 0 Å². The number of carbonyl (C=O) groups excluding carboxylic acids is 1. The second-order valence-corrected chi connectivity index (χ2v) is 16.4. The number of carbonyl (C=O) groups is 1. The zero-order chi connectivity index (χ0) is 25.9.